The zero-order valence-electron chi connectivity index (χ0n) is 36.2. The van der Waals surface area contributed by atoms with Gasteiger partial charge in [0.25, 0.3) is 5.91 Å². The third kappa shape index (κ3) is 10.6. The molecule has 4 atom stereocenters. The molecule has 64 heavy (non-hydrogen) atoms. The number of carboxylic acid groups (broad SMARTS) is 1. The van der Waals surface area contributed by atoms with Crippen LogP contribution in [0.3, 0.4) is 0 Å². The van der Waals surface area contributed by atoms with Crippen molar-refractivity contribution in [3.05, 3.63) is 77.3 Å². The second-order valence-corrected chi connectivity index (χ2v) is 18.2. The Hall–Kier alpha value is -5.88. The summed E-state index contributed by atoms with van der Waals surface area (Å²) in [6.07, 6.45) is -1.56. The number of ether oxygens (including phenoxy) is 2. The van der Waals surface area contributed by atoms with Crippen LogP contribution in [0, 0.1) is 17.3 Å². The van der Waals surface area contributed by atoms with Gasteiger partial charge in [0.15, 0.2) is 0 Å². The predicted octanol–water partition coefficient (Wildman–Crippen LogP) is 8.00. The van der Waals surface area contributed by atoms with Gasteiger partial charge in [0.1, 0.15) is 23.4 Å². The molecule has 0 radical (unpaired) electrons. The second kappa shape index (κ2) is 18.7. The summed E-state index contributed by atoms with van der Waals surface area (Å²) in [5.41, 5.74) is 0.940. The Kier molecular flexibility index (Phi) is 13.5. The van der Waals surface area contributed by atoms with Crippen molar-refractivity contribution >= 4 is 46.9 Å². The van der Waals surface area contributed by atoms with Crippen LogP contribution in [0.15, 0.2) is 60.9 Å². The molecule has 5 heterocycles. The summed E-state index contributed by atoms with van der Waals surface area (Å²) in [4.78, 5) is 70.0. The number of halogens is 4. The molecule has 3 aliphatic rings. The maximum absolute atomic E-state index is 13.9. The molecule has 0 saturated carbocycles. The Morgan fingerprint density at radius 2 is 1.69 bits per heavy atom. The van der Waals surface area contributed by atoms with E-state index in [1.54, 1.807) is 47.5 Å². The van der Waals surface area contributed by atoms with Crippen LogP contribution in [0.25, 0.3) is 22.4 Å². The van der Waals surface area contributed by atoms with Crippen molar-refractivity contribution in [2.24, 2.45) is 17.3 Å². The number of anilines is 2. The number of amides is 4. The van der Waals surface area contributed by atoms with Crippen molar-refractivity contribution in [2.45, 2.75) is 78.4 Å². The van der Waals surface area contributed by atoms with E-state index in [1.165, 1.54) is 12.3 Å². The van der Waals surface area contributed by atoms with Crippen LogP contribution in [0.1, 0.15) is 76.1 Å². The van der Waals surface area contributed by atoms with Crippen molar-refractivity contribution in [1.29, 1.82) is 0 Å². The number of aromatic amines is 1. The number of piperazine rings is 1. The van der Waals surface area contributed by atoms with Crippen LogP contribution in [-0.2, 0) is 14.3 Å². The van der Waals surface area contributed by atoms with Crippen LogP contribution in [0.2, 0.25) is 5.02 Å². The van der Waals surface area contributed by atoms with Crippen LogP contribution >= 0.6 is 11.6 Å². The summed E-state index contributed by atoms with van der Waals surface area (Å²) < 4.78 is 51.3. The van der Waals surface area contributed by atoms with Gasteiger partial charge in [0, 0.05) is 73.7 Å². The number of H-pyrrole nitrogens is 1. The number of hydrogen-bond donors (Lipinski definition) is 4. The second-order valence-electron chi connectivity index (χ2n) is 17.8. The number of hydrogen-bond acceptors (Lipinski definition) is 9. The zero-order valence-corrected chi connectivity index (χ0v) is 36.9. The number of pyridine rings is 1. The smallest absolute Gasteiger partial charge is 0.465 e. The minimum absolute atomic E-state index is 0.0152. The molecule has 2 aromatic heterocycles. The van der Waals surface area contributed by atoms with Gasteiger partial charge in [0.05, 0.1) is 28.6 Å². The Balaban J connectivity index is 1.05. The normalized spacial score (nSPS) is 20.2. The summed E-state index contributed by atoms with van der Waals surface area (Å²) >= 11 is 6.64. The zero-order chi connectivity index (χ0) is 46.1. The fraction of sp³-hybridized carbons (Fsp3) is 0.467. The fourth-order valence-corrected chi connectivity index (χ4v) is 9.06. The van der Waals surface area contributed by atoms with E-state index in [0.717, 1.165) is 6.07 Å². The van der Waals surface area contributed by atoms with Crippen LogP contribution in [-0.4, -0.2) is 112 Å². The monoisotopic (exact) mass is 908 g/mol. The first kappa shape index (κ1) is 46.1. The van der Waals surface area contributed by atoms with E-state index in [2.05, 4.69) is 30.2 Å². The van der Waals surface area contributed by atoms with Gasteiger partial charge in [-0.1, -0.05) is 63.6 Å². The van der Waals surface area contributed by atoms with E-state index >= 15 is 0 Å². The number of imidazole rings is 1. The lowest BCUT2D eigenvalue weighted by atomic mass is 9.90. The first-order valence-electron chi connectivity index (χ1n) is 21.2. The van der Waals surface area contributed by atoms with Gasteiger partial charge < -0.3 is 44.9 Å². The van der Waals surface area contributed by atoms with Gasteiger partial charge in [-0.25, -0.2) is 14.8 Å². The number of carbonyl (C=O) groups is 4. The summed E-state index contributed by atoms with van der Waals surface area (Å²) in [6, 6.07) is 10.7. The van der Waals surface area contributed by atoms with Gasteiger partial charge in [-0.05, 0) is 67.9 Å². The SMILES string of the molecule is CC1CN(C(=O)C(C)(C)C)CCN1c1ccc(NC(=O)c2cc(Cl)c(-c3ccc(-c4c[nH]c([C@@H]5C[C@H](C)CN5C(=O)[C@@H](NC(=O)O)C5CCOCC5)n4)cc3)c(OC(F)(F)F)c2)cn1. The molecule has 4 aromatic rings. The lowest BCUT2D eigenvalue weighted by Crippen LogP contribution is -2.56. The number of likely N-dealkylation sites (tertiary alicyclic amines) is 1. The molecule has 2 aromatic carbocycles. The molecule has 7 rings (SSSR count). The first-order valence-corrected chi connectivity index (χ1v) is 21.6. The molecule has 3 fully saturated rings. The lowest BCUT2D eigenvalue weighted by Gasteiger charge is -2.42. The Bertz CT molecular complexity index is 2350. The van der Waals surface area contributed by atoms with Crippen LogP contribution in [0.5, 0.6) is 5.75 Å². The van der Waals surface area contributed by atoms with E-state index in [-0.39, 0.29) is 51.4 Å². The maximum Gasteiger partial charge on any atom is 0.573 e. The summed E-state index contributed by atoms with van der Waals surface area (Å²) in [7, 11) is 0. The average Bonchev–Trinajstić information content (AvgIpc) is 3.89. The van der Waals surface area contributed by atoms with Crippen LogP contribution < -0.4 is 20.3 Å². The van der Waals surface area contributed by atoms with Crippen molar-refractivity contribution < 1.29 is 46.9 Å². The van der Waals surface area contributed by atoms with Gasteiger partial charge >= 0.3 is 12.5 Å². The molecule has 19 heteroatoms. The molecule has 15 nitrogen and oxygen atoms in total. The number of nitrogens with one attached hydrogen (secondary N) is 3. The number of alkyl halides is 3. The van der Waals surface area contributed by atoms with Gasteiger partial charge in [-0.15, -0.1) is 13.2 Å². The van der Waals surface area contributed by atoms with Gasteiger partial charge in [-0.3, -0.25) is 14.4 Å². The third-order valence-corrected chi connectivity index (χ3v) is 12.2. The average molecular weight is 909 g/mol. The lowest BCUT2D eigenvalue weighted by molar-refractivity contribution is -0.274. The molecular weight excluding hydrogens is 857 g/mol. The molecule has 342 valence electrons. The fourth-order valence-electron chi connectivity index (χ4n) is 8.74. The highest BCUT2D eigenvalue weighted by Gasteiger charge is 2.42. The Morgan fingerprint density at radius 1 is 0.984 bits per heavy atom. The van der Waals surface area contributed by atoms with Gasteiger partial charge in [0.2, 0.25) is 11.8 Å². The van der Waals surface area contributed by atoms with Crippen molar-refractivity contribution in [3.8, 4) is 28.1 Å². The molecular formula is C45H52ClF3N8O7. The summed E-state index contributed by atoms with van der Waals surface area (Å²) in [6.45, 7) is 12.6. The topological polar surface area (TPSA) is 182 Å². The first-order chi connectivity index (χ1) is 30.3. The minimum Gasteiger partial charge on any atom is -0.465 e. The molecule has 0 aliphatic carbocycles. The molecule has 4 N–H and O–H groups in total. The van der Waals surface area contributed by atoms with E-state index in [4.69, 9.17) is 21.3 Å². The Morgan fingerprint density at radius 3 is 2.31 bits per heavy atom. The number of benzene rings is 2. The Labute approximate surface area is 373 Å². The molecule has 4 amide bonds. The minimum atomic E-state index is -5.11. The number of rotatable bonds is 10. The number of aromatic nitrogens is 3. The maximum atomic E-state index is 13.9. The quantitative estimate of drug-likeness (QED) is 0.122. The van der Waals surface area contributed by atoms with E-state index in [0.29, 0.717) is 87.2 Å². The summed E-state index contributed by atoms with van der Waals surface area (Å²) in [5.74, 6) is -0.582. The highest BCUT2D eigenvalue weighted by Crippen LogP contribution is 2.42. The highest BCUT2D eigenvalue weighted by molar-refractivity contribution is 6.34. The van der Waals surface area contributed by atoms with Crippen molar-refractivity contribution in [3.63, 3.8) is 0 Å². The molecule has 0 bridgehead atoms. The van der Waals surface area contributed by atoms with E-state index < -0.39 is 41.6 Å². The standard InChI is InChI=1S/C45H52ClF3N8O7/c1-25-18-34(57(23-25)41(59)38(54-43(61)62)29-12-16-63-17-13-29)39-51-22-33(53-39)27-6-8-28(9-7-27)37-32(46)19-30(20-35(37)64-45(47,48)49)40(58)52-31-10-11-36(50-21-31)56-15-14-55(24-26(56)2)42(60)44(3,4)5/h6-11,19-22,25-26,29,34,38,54H,12-18,23-24H2,1-5H3,(H,51,53)(H,52,58)(H,61,62)/t25-,26?,34-,38-/m0/s1. The molecule has 3 saturated heterocycles. The number of carbonyl (C=O) groups excluding carboxylic acids is 3. The highest BCUT2D eigenvalue weighted by atomic mass is 35.5. The largest absolute Gasteiger partial charge is 0.573 e. The van der Waals surface area contributed by atoms with Crippen molar-refractivity contribution in [1.82, 2.24) is 30.1 Å². The van der Waals surface area contributed by atoms with Gasteiger partial charge in [-0.2, -0.15) is 0 Å². The molecule has 0 spiro atoms. The third-order valence-electron chi connectivity index (χ3n) is 11.9. The van der Waals surface area contributed by atoms with E-state index in [9.17, 15) is 37.5 Å². The summed E-state index contributed by atoms with van der Waals surface area (Å²) in [5, 5.41) is 14.5. The van der Waals surface area contributed by atoms with Crippen LogP contribution in [0.4, 0.5) is 29.5 Å². The van der Waals surface area contributed by atoms with Crippen molar-refractivity contribution in [2.75, 3.05) is 49.6 Å². The predicted molar refractivity (Wildman–Crippen MR) is 233 cm³/mol. The number of nitrogens with zero attached hydrogens (tertiary/aromatic N) is 5. The molecule has 3 aliphatic heterocycles. The molecule has 1 unspecified atom stereocenters. The van der Waals surface area contributed by atoms with E-state index in [1.807, 2.05) is 39.5 Å².